The Morgan fingerprint density at radius 3 is 2.61 bits per heavy atom. The highest BCUT2D eigenvalue weighted by Gasteiger charge is 2.75. The number of alkyl halides is 1. The molecule has 0 heterocycles. The third-order valence-corrected chi connectivity index (χ3v) is 10.9. The van der Waals surface area contributed by atoms with Gasteiger partial charge in [-0.2, -0.15) is 0 Å². The number of ketones is 2. The molecule has 3 N–H and O–H groups in total. The molecule has 0 radical (unpaired) electrons. The van der Waals surface area contributed by atoms with E-state index in [-0.39, 0.29) is 56.9 Å². The number of carbonyl (C=O) groups excluding carboxylic acids is 4. The van der Waals surface area contributed by atoms with Gasteiger partial charge in [0.05, 0.1) is 19.1 Å². The van der Waals surface area contributed by atoms with Gasteiger partial charge in [0.25, 0.3) is 5.09 Å². The van der Waals surface area contributed by atoms with Crippen molar-refractivity contribution < 1.29 is 48.4 Å². The van der Waals surface area contributed by atoms with Gasteiger partial charge in [0.15, 0.2) is 18.1 Å². The molecule has 1 amide bonds. The fourth-order valence-electron chi connectivity index (χ4n) is 8.47. The first kappa shape index (κ1) is 33.7. The molecule has 0 aliphatic heterocycles. The molecule has 4 aliphatic rings. The molecule has 0 aromatic heterocycles. The number of aliphatic hydroxyl groups is 2. The summed E-state index contributed by atoms with van der Waals surface area (Å²) in [7, 11) is 0. The summed E-state index contributed by atoms with van der Waals surface area (Å²) in [5.74, 6) is -3.62. The van der Waals surface area contributed by atoms with Gasteiger partial charge in [0, 0.05) is 36.1 Å². The van der Waals surface area contributed by atoms with Crippen LogP contribution in [0.1, 0.15) is 78.6 Å². The number of carbonyl (C=O) groups is 4. The van der Waals surface area contributed by atoms with Crippen molar-refractivity contribution in [2.75, 3.05) is 19.8 Å². The van der Waals surface area contributed by atoms with Crippen molar-refractivity contribution in [2.24, 2.45) is 28.6 Å². The van der Waals surface area contributed by atoms with Crippen molar-refractivity contribution in [2.45, 2.75) is 95.9 Å². The van der Waals surface area contributed by atoms with Crippen molar-refractivity contribution in [3.05, 3.63) is 33.9 Å². The molecule has 2 saturated carbocycles. The fraction of sp³-hybridized carbons (Fsp3) is 0.742. The van der Waals surface area contributed by atoms with Crippen LogP contribution in [0.15, 0.2) is 23.8 Å². The van der Waals surface area contributed by atoms with E-state index in [4.69, 9.17) is 4.74 Å². The zero-order valence-electron chi connectivity index (χ0n) is 25.5. The van der Waals surface area contributed by atoms with E-state index >= 15 is 4.39 Å². The molecule has 2 fully saturated rings. The predicted octanol–water partition coefficient (Wildman–Crippen LogP) is 2.72. The first-order valence-electron chi connectivity index (χ1n) is 15.3. The van der Waals surface area contributed by atoms with Gasteiger partial charge in [-0.1, -0.05) is 38.0 Å². The SMILES string of the molecule is C[C@@H]1C[C@H]2[C@@H]3CC=C4CC(=O)C=C[C@]4(C)[C@@]3(F)[C@@H](O)C[C@]2(C)[C@@]1(O)C(=O)COC(=O)CCNC(=O)CCCCCO[N+](=O)[O-]. The minimum Gasteiger partial charge on any atom is -0.457 e. The lowest BCUT2D eigenvalue weighted by atomic mass is 9.45. The number of amides is 1. The highest BCUT2D eigenvalue weighted by molar-refractivity contribution is 5.94. The number of nitrogens with one attached hydrogen (secondary N) is 1. The fourth-order valence-corrected chi connectivity index (χ4v) is 8.47. The average Bonchev–Trinajstić information content (AvgIpc) is 3.16. The molecule has 0 aromatic carbocycles. The minimum atomic E-state index is -2.09. The number of unbranched alkanes of at least 4 members (excludes halogenated alkanes) is 2. The van der Waals surface area contributed by atoms with E-state index < -0.39 is 69.4 Å². The van der Waals surface area contributed by atoms with E-state index in [2.05, 4.69) is 10.2 Å². The topological polar surface area (TPSA) is 182 Å². The van der Waals surface area contributed by atoms with E-state index in [0.717, 1.165) is 0 Å². The van der Waals surface area contributed by atoms with Gasteiger partial charge in [-0.05, 0) is 56.9 Å². The minimum absolute atomic E-state index is 0.0163. The molecular weight excluding hydrogens is 579 g/mol. The average molecular weight is 623 g/mol. The largest absolute Gasteiger partial charge is 0.457 e. The normalized spacial score (nSPS) is 37.2. The zero-order chi connectivity index (χ0) is 32.5. The first-order valence-corrected chi connectivity index (χ1v) is 15.3. The summed E-state index contributed by atoms with van der Waals surface area (Å²) in [6, 6.07) is 0. The molecule has 12 nitrogen and oxygen atoms in total. The van der Waals surface area contributed by atoms with E-state index in [1.54, 1.807) is 26.8 Å². The highest BCUT2D eigenvalue weighted by atomic mass is 19.1. The van der Waals surface area contributed by atoms with E-state index in [1.807, 2.05) is 6.08 Å². The number of rotatable bonds is 13. The Labute approximate surface area is 255 Å². The van der Waals surface area contributed by atoms with E-state index in [1.165, 1.54) is 6.08 Å². The predicted molar refractivity (Wildman–Crippen MR) is 153 cm³/mol. The highest BCUT2D eigenvalue weighted by Crippen LogP contribution is 2.70. The second-order valence-electron chi connectivity index (χ2n) is 13.2. The van der Waals surface area contributed by atoms with Crippen molar-refractivity contribution in [1.82, 2.24) is 5.32 Å². The Balaban J connectivity index is 1.32. The molecular formula is C31H43FN2O10. The van der Waals surface area contributed by atoms with E-state index in [9.17, 15) is 39.5 Å². The number of allylic oxidation sites excluding steroid dienone is 4. The quantitative estimate of drug-likeness (QED) is 0.0908. The monoisotopic (exact) mass is 622 g/mol. The summed E-state index contributed by atoms with van der Waals surface area (Å²) in [4.78, 5) is 64.2. The summed E-state index contributed by atoms with van der Waals surface area (Å²) in [6.07, 6.45) is 5.30. The molecule has 4 rings (SSSR count). The lowest BCUT2D eigenvalue weighted by molar-refractivity contribution is -0.757. The van der Waals surface area contributed by atoms with Gasteiger partial charge in [0.2, 0.25) is 11.7 Å². The second kappa shape index (κ2) is 12.7. The Morgan fingerprint density at radius 1 is 1.18 bits per heavy atom. The van der Waals surface area contributed by atoms with Gasteiger partial charge in [-0.3, -0.25) is 19.2 Å². The molecule has 0 saturated heterocycles. The summed E-state index contributed by atoms with van der Waals surface area (Å²) < 4.78 is 22.4. The molecule has 4 aliphatic carbocycles. The number of nitrogens with zero attached hydrogens (tertiary/aromatic N) is 1. The van der Waals surface area contributed by atoms with Gasteiger partial charge in [0.1, 0.15) is 5.60 Å². The van der Waals surface area contributed by atoms with E-state index in [0.29, 0.717) is 31.3 Å². The molecule has 0 unspecified atom stereocenters. The number of ether oxygens (including phenoxy) is 1. The third-order valence-electron chi connectivity index (χ3n) is 10.9. The molecule has 244 valence electrons. The second-order valence-corrected chi connectivity index (χ2v) is 13.2. The molecule has 0 aromatic rings. The molecule has 44 heavy (non-hydrogen) atoms. The molecule has 0 spiro atoms. The maximum absolute atomic E-state index is 17.3. The van der Waals surface area contributed by atoms with Crippen molar-refractivity contribution in [3.63, 3.8) is 0 Å². The number of esters is 1. The number of Topliss-reactive ketones (excluding diaryl/α,β-unsaturated/α-hetero) is 1. The lowest BCUT2D eigenvalue weighted by Crippen LogP contribution is -2.69. The first-order chi connectivity index (χ1) is 20.6. The van der Waals surface area contributed by atoms with Gasteiger partial charge in [-0.25, -0.2) is 4.39 Å². The van der Waals surface area contributed by atoms with Crippen LogP contribution < -0.4 is 5.32 Å². The maximum atomic E-state index is 17.3. The van der Waals surface area contributed by atoms with Crippen LogP contribution in [-0.4, -0.2) is 75.9 Å². The van der Waals surface area contributed by atoms with Crippen LogP contribution in [0.3, 0.4) is 0 Å². The molecule has 8 atom stereocenters. The van der Waals surface area contributed by atoms with Crippen molar-refractivity contribution in [3.8, 4) is 0 Å². The smallest absolute Gasteiger partial charge is 0.308 e. The van der Waals surface area contributed by atoms with Crippen molar-refractivity contribution >= 4 is 23.4 Å². The lowest BCUT2D eigenvalue weighted by Gasteiger charge is -2.62. The van der Waals surface area contributed by atoms with Crippen LogP contribution in [0.2, 0.25) is 0 Å². The van der Waals surface area contributed by atoms with Crippen LogP contribution in [0.4, 0.5) is 4.39 Å². The van der Waals surface area contributed by atoms with Gasteiger partial charge >= 0.3 is 5.97 Å². The number of fused-ring (bicyclic) bond motifs is 5. The maximum Gasteiger partial charge on any atom is 0.308 e. The van der Waals surface area contributed by atoms with Crippen LogP contribution >= 0.6 is 0 Å². The summed E-state index contributed by atoms with van der Waals surface area (Å²) in [5, 5.41) is 35.2. The Kier molecular flexibility index (Phi) is 9.70. The Hall–Kier alpha value is -3.19. The van der Waals surface area contributed by atoms with Crippen molar-refractivity contribution in [1.29, 1.82) is 0 Å². The van der Waals surface area contributed by atoms with Crippen LogP contribution in [0, 0.1) is 38.7 Å². The summed E-state index contributed by atoms with van der Waals surface area (Å²) in [5.41, 5.74) is -5.78. The standard InChI is InChI=1S/C31H43FN2O10/c1-19-15-23-22-9-8-20-16-21(35)10-12-28(20,2)30(22,32)24(36)17-29(23,3)31(19,40)25(37)18-43-27(39)11-13-33-26(38)7-5-4-6-14-44-34(41)42/h8,10,12,19,22-24,36,40H,4-7,9,11,13-18H2,1-3H3,(H,33,38)/t19-,22+,23+,24+,28+,29+,30+,31+/m1/s1. The van der Waals surface area contributed by atoms with Crippen LogP contribution in [0.5, 0.6) is 0 Å². The zero-order valence-corrected chi connectivity index (χ0v) is 25.5. The van der Waals surface area contributed by atoms with Gasteiger partial charge in [-0.15, -0.1) is 10.1 Å². The number of hydrogen-bond acceptors (Lipinski definition) is 10. The number of hydrogen-bond donors (Lipinski definition) is 3. The number of aliphatic hydroxyl groups excluding tert-OH is 1. The summed E-state index contributed by atoms with van der Waals surface area (Å²) in [6.45, 7) is 4.37. The van der Waals surface area contributed by atoms with Crippen LogP contribution in [-0.2, 0) is 28.8 Å². The Morgan fingerprint density at radius 2 is 1.91 bits per heavy atom. The molecule has 13 heteroatoms. The molecule has 0 bridgehead atoms. The van der Waals surface area contributed by atoms with Gasteiger partial charge < -0.3 is 25.1 Å². The number of halogens is 1. The third kappa shape index (κ3) is 5.68. The summed E-state index contributed by atoms with van der Waals surface area (Å²) >= 11 is 0. The Bertz CT molecular complexity index is 1250. The van der Waals surface area contributed by atoms with Crippen LogP contribution in [0.25, 0.3) is 0 Å².